The van der Waals surface area contributed by atoms with E-state index in [2.05, 4.69) is 46.7 Å². The van der Waals surface area contributed by atoms with Crippen molar-refractivity contribution in [1.82, 2.24) is 5.32 Å². The van der Waals surface area contributed by atoms with Crippen LogP contribution in [-0.4, -0.2) is 25.3 Å². The van der Waals surface area contributed by atoms with Crippen LogP contribution in [0.2, 0.25) is 5.02 Å². The molecule has 0 bridgehead atoms. The summed E-state index contributed by atoms with van der Waals surface area (Å²) in [6, 6.07) is 14.2. The quantitative estimate of drug-likeness (QED) is 0.681. The van der Waals surface area contributed by atoms with E-state index in [0.29, 0.717) is 22.4 Å². The smallest absolute Gasteiger partial charge is 0.171 e. The summed E-state index contributed by atoms with van der Waals surface area (Å²) in [6.45, 7) is 5.30. The predicted molar refractivity (Wildman–Crippen MR) is 118 cm³/mol. The lowest BCUT2D eigenvalue weighted by Crippen LogP contribution is -2.34. The molecule has 0 spiro atoms. The second-order valence-corrected chi connectivity index (χ2v) is 7.83. The molecule has 2 aromatic rings. The van der Waals surface area contributed by atoms with Gasteiger partial charge in [-0.1, -0.05) is 30.7 Å². The molecule has 27 heavy (non-hydrogen) atoms. The summed E-state index contributed by atoms with van der Waals surface area (Å²) >= 11 is 11.5. The molecule has 4 nitrogen and oxygen atoms in total. The number of nitrogens with one attached hydrogen (secondary N) is 2. The third-order valence-corrected chi connectivity index (χ3v) is 5.36. The van der Waals surface area contributed by atoms with E-state index >= 15 is 0 Å². The van der Waals surface area contributed by atoms with Gasteiger partial charge in [-0.05, 0) is 66.9 Å². The largest absolute Gasteiger partial charge is 0.495 e. The maximum atomic E-state index is 6.14. The maximum absolute atomic E-state index is 6.14. The summed E-state index contributed by atoms with van der Waals surface area (Å²) < 4.78 is 5.16. The zero-order valence-electron chi connectivity index (χ0n) is 15.8. The molecule has 0 saturated carbocycles. The first-order valence-corrected chi connectivity index (χ1v) is 10.1. The zero-order chi connectivity index (χ0) is 19.2. The Morgan fingerprint density at radius 1 is 1.26 bits per heavy atom. The van der Waals surface area contributed by atoms with Gasteiger partial charge in [-0.15, -0.1) is 0 Å². The normalized spacial score (nSPS) is 16.7. The van der Waals surface area contributed by atoms with Crippen molar-refractivity contribution in [2.24, 2.45) is 5.92 Å². The second-order valence-electron chi connectivity index (χ2n) is 7.02. The Bertz CT molecular complexity index is 781. The van der Waals surface area contributed by atoms with Crippen LogP contribution in [0.5, 0.6) is 5.75 Å². The van der Waals surface area contributed by atoms with Crippen LogP contribution >= 0.6 is 23.8 Å². The summed E-state index contributed by atoms with van der Waals surface area (Å²) in [7, 11) is 1.59. The van der Waals surface area contributed by atoms with Gasteiger partial charge in [0.25, 0.3) is 0 Å². The number of ether oxygens (including phenoxy) is 1. The van der Waals surface area contributed by atoms with Crippen LogP contribution in [-0.2, 0) is 6.54 Å². The molecule has 1 fully saturated rings. The fourth-order valence-electron chi connectivity index (χ4n) is 3.35. The summed E-state index contributed by atoms with van der Waals surface area (Å²) in [4.78, 5) is 2.48. The van der Waals surface area contributed by atoms with E-state index in [4.69, 9.17) is 28.6 Å². The fourth-order valence-corrected chi connectivity index (χ4v) is 3.80. The van der Waals surface area contributed by atoms with Gasteiger partial charge in [0.05, 0.1) is 12.1 Å². The highest BCUT2D eigenvalue weighted by molar-refractivity contribution is 7.80. The molecule has 0 unspecified atom stereocenters. The van der Waals surface area contributed by atoms with E-state index in [-0.39, 0.29) is 0 Å². The standard InChI is InChI=1S/C21H26ClN3OS/c1-15-4-3-11-25(14-15)18-8-5-16(6-9-18)13-23-21(27)24-17-7-10-20(26-2)19(22)12-17/h5-10,12,15H,3-4,11,13-14H2,1-2H3,(H2,23,24,27)/t15-/m0/s1. The van der Waals surface area contributed by atoms with Crippen LogP contribution in [0, 0.1) is 5.92 Å². The average molecular weight is 404 g/mol. The van der Waals surface area contributed by atoms with Crippen LogP contribution in [0.4, 0.5) is 11.4 Å². The summed E-state index contributed by atoms with van der Waals surface area (Å²) in [5, 5.41) is 7.49. The zero-order valence-corrected chi connectivity index (χ0v) is 17.4. The van der Waals surface area contributed by atoms with E-state index in [1.54, 1.807) is 13.2 Å². The van der Waals surface area contributed by atoms with Crippen LogP contribution in [0.1, 0.15) is 25.3 Å². The number of halogens is 1. The van der Waals surface area contributed by atoms with Crippen molar-refractivity contribution in [3.05, 3.63) is 53.1 Å². The van der Waals surface area contributed by atoms with Gasteiger partial charge in [-0.3, -0.25) is 0 Å². The van der Waals surface area contributed by atoms with Gasteiger partial charge in [0.2, 0.25) is 0 Å². The third kappa shape index (κ3) is 5.50. The van der Waals surface area contributed by atoms with Gasteiger partial charge in [0.1, 0.15) is 5.75 Å². The number of nitrogens with zero attached hydrogens (tertiary/aromatic N) is 1. The molecule has 1 aliphatic rings. The molecule has 0 radical (unpaired) electrons. The number of thiocarbonyl (C=S) groups is 1. The average Bonchev–Trinajstić information content (AvgIpc) is 2.67. The Morgan fingerprint density at radius 2 is 2.04 bits per heavy atom. The van der Waals surface area contributed by atoms with Gasteiger partial charge in [-0.2, -0.15) is 0 Å². The van der Waals surface area contributed by atoms with E-state index in [9.17, 15) is 0 Å². The van der Waals surface area contributed by atoms with Crippen molar-refractivity contribution in [2.75, 3.05) is 30.4 Å². The Balaban J connectivity index is 1.50. The van der Waals surface area contributed by atoms with Gasteiger partial charge >= 0.3 is 0 Å². The summed E-state index contributed by atoms with van der Waals surface area (Å²) in [6.07, 6.45) is 2.61. The lowest BCUT2D eigenvalue weighted by Gasteiger charge is -2.32. The minimum absolute atomic E-state index is 0.549. The molecule has 2 N–H and O–H groups in total. The minimum atomic E-state index is 0.549. The number of anilines is 2. The van der Waals surface area contributed by atoms with Crippen molar-refractivity contribution in [1.29, 1.82) is 0 Å². The van der Waals surface area contributed by atoms with Crippen molar-refractivity contribution in [3.63, 3.8) is 0 Å². The molecule has 144 valence electrons. The number of hydrogen-bond donors (Lipinski definition) is 2. The van der Waals surface area contributed by atoms with Crippen molar-refractivity contribution in [3.8, 4) is 5.75 Å². The van der Waals surface area contributed by atoms with Crippen LogP contribution in [0.3, 0.4) is 0 Å². The third-order valence-electron chi connectivity index (χ3n) is 4.82. The monoisotopic (exact) mass is 403 g/mol. The van der Waals surface area contributed by atoms with Crippen LogP contribution in [0.15, 0.2) is 42.5 Å². The highest BCUT2D eigenvalue weighted by Gasteiger charge is 2.16. The Hall–Kier alpha value is -1.98. The van der Waals surface area contributed by atoms with Crippen LogP contribution < -0.4 is 20.3 Å². The molecule has 0 aromatic heterocycles. The van der Waals surface area contributed by atoms with Gasteiger partial charge < -0.3 is 20.3 Å². The molecular formula is C21H26ClN3OS. The number of methoxy groups -OCH3 is 1. The highest BCUT2D eigenvalue weighted by Crippen LogP contribution is 2.27. The topological polar surface area (TPSA) is 36.5 Å². The molecule has 2 aromatic carbocycles. The summed E-state index contributed by atoms with van der Waals surface area (Å²) in [5.41, 5.74) is 3.33. The lowest BCUT2D eigenvalue weighted by molar-refractivity contribution is 0.415. The lowest BCUT2D eigenvalue weighted by atomic mass is 9.99. The second kappa shape index (κ2) is 9.29. The highest BCUT2D eigenvalue weighted by atomic mass is 35.5. The molecule has 1 heterocycles. The summed E-state index contributed by atoms with van der Waals surface area (Å²) in [5.74, 6) is 1.42. The number of benzene rings is 2. The molecule has 1 aliphatic heterocycles. The number of piperidine rings is 1. The first-order valence-electron chi connectivity index (χ1n) is 9.27. The van der Waals surface area contributed by atoms with Gasteiger partial charge in [0, 0.05) is 31.0 Å². The molecule has 0 amide bonds. The minimum Gasteiger partial charge on any atom is -0.495 e. The maximum Gasteiger partial charge on any atom is 0.171 e. The number of hydrogen-bond acceptors (Lipinski definition) is 3. The van der Waals surface area contributed by atoms with E-state index in [1.165, 1.54) is 24.1 Å². The van der Waals surface area contributed by atoms with Crippen molar-refractivity contribution < 1.29 is 4.74 Å². The molecule has 3 rings (SSSR count). The molecular weight excluding hydrogens is 378 g/mol. The predicted octanol–water partition coefficient (Wildman–Crippen LogP) is 5.07. The molecule has 0 aliphatic carbocycles. The van der Waals surface area contributed by atoms with Gasteiger partial charge in [-0.25, -0.2) is 0 Å². The van der Waals surface area contributed by atoms with E-state index < -0.39 is 0 Å². The Labute approximate surface area is 171 Å². The van der Waals surface area contributed by atoms with Gasteiger partial charge in [0.15, 0.2) is 5.11 Å². The van der Waals surface area contributed by atoms with Crippen molar-refractivity contribution in [2.45, 2.75) is 26.3 Å². The fraction of sp³-hybridized carbons (Fsp3) is 0.381. The Morgan fingerprint density at radius 3 is 2.70 bits per heavy atom. The van der Waals surface area contributed by atoms with Crippen molar-refractivity contribution >= 4 is 40.3 Å². The SMILES string of the molecule is COc1ccc(NC(=S)NCc2ccc(N3CCC[C@H](C)C3)cc2)cc1Cl. The first-order chi connectivity index (χ1) is 13.0. The molecule has 1 atom stereocenters. The first kappa shape index (κ1) is 19.8. The molecule has 6 heteroatoms. The number of rotatable bonds is 5. The van der Waals surface area contributed by atoms with Crippen LogP contribution in [0.25, 0.3) is 0 Å². The van der Waals surface area contributed by atoms with E-state index in [0.717, 1.165) is 24.7 Å². The van der Waals surface area contributed by atoms with E-state index in [1.807, 2.05) is 12.1 Å². The molecule has 1 saturated heterocycles. The Kier molecular flexibility index (Phi) is 6.80.